The molecule has 0 radical (unpaired) electrons. The molecule has 5 heteroatoms. The zero-order valence-electron chi connectivity index (χ0n) is 11.7. The Balaban J connectivity index is 2.05. The van der Waals surface area contributed by atoms with Crippen LogP contribution >= 0.6 is 0 Å². The topological polar surface area (TPSA) is 60.9 Å². The van der Waals surface area contributed by atoms with Gasteiger partial charge in [-0.1, -0.05) is 12.8 Å². The van der Waals surface area contributed by atoms with E-state index in [-0.39, 0.29) is 18.4 Å². The van der Waals surface area contributed by atoms with Crippen LogP contribution in [0.4, 0.5) is 0 Å². The lowest BCUT2D eigenvalue weighted by Gasteiger charge is -2.31. The van der Waals surface area contributed by atoms with Crippen LogP contribution in [0.5, 0.6) is 0 Å². The Hall–Kier alpha value is -1.10. The van der Waals surface area contributed by atoms with E-state index in [0.717, 1.165) is 32.4 Å². The van der Waals surface area contributed by atoms with E-state index in [9.17, 15) is 9.59 Å². The van der Waals surface area contributed by atoms with Crippen molar-refractivity contribution in [2.45, 2.75) is 57.0 Å². The van der Waals surface area contributed by atoms with Crippen molar-refractivity contribution in [3.63, 3.8) is 0 Å². The number of carbonyl (C=O) groups is 2. The minimum atomic E-state index is -0.821. The van der Waals surface area contributed by atoms with Crippen LogP contribution in [0, 0.1) is 0 Å². The third kappa shape index (κ3) is 3.47. The molecule has 108 valence electrons. The van der Waals surface area contributed by atoms with Crippen LogP contribution in [-0.4, -0.2) is 59.0 Å². The van der Waals surface area contributed by atoms with E-state index >= 15 is 0 Å². The van der Waals surface area contributed by atoms with Crippen molar-refractivity contribution in [3.05, 3.63) is 0 Å². The van der Waals surface area contributed by atoms with E-state index in [1.807, 2.05) is 16.8 Å². The second-order valence-corrected chi connectivity index (χ2v) is 5.75. The fourth-order valence-electron chi connectivity index (χ4n) is 3.32. The normalized spacial score (nSPS) is 26.7. The van der Waals surface area contributed by atoms with Crippen molar-refractivity contribution in [3.8, 4) is 0 Å². The lowest BCUT2D eigenvalue weighted by molar-refractivity contribution is -0.139. The van der Waals surface area contributed by atoms with Gasteiger partial charge in [0.1, 0.15) is 0 Å². The first kappa shape index (κ1) is 14.3. The molecule has 1 unspecified atom stereocenters. The second-order valence-electron chi connectivity index (χ2n) is 5.75. The first-order valence-corrected chi connectivity index (χ1v) is 7.32. The summed E-state index contributed by atoms with van der Waals surface area (Å²) in [6.45, 7) is 1.71. The highest BCUT2D eigenvalue weighted by atomic mass is 16.4. The Bertz CT molecular complexity index is 340. The number of carbonyl (C=O) groups excluding carboxylic acids is 1. The van der Waals surface area contributed by atoms with E-state index in [4.69, 9.17) is 5.11 Å². The monoisotopic (exact) mass is 268 g/mol. The van der Waals surface area contributed by atoms with Crippen molar-refractivity contribution in [1.29, 1.82) is 0 Å². The number of likely N-dealkylation sites (N-methyl/N-ethyl adjacent to an activating group) is 1. The molecule has 0 bridgehead atoms. The predicted octanol–water partition coefficient (Wildman–Crippen LogP) is 1.33. The first-order chi connectivity index (χ1) is 9.09. The van der Waals surface area contributed by atoms with Gasteiger partial charge in [0.05, 0.1) is 6.04 Å². The largest absolute Gasteiger partial charge is 0.481 e. The summed E-state index contributed by atoms with van der Waals surface area (Å²) in [4.78, 5) is 27.4. The Morgan fingerprint density at radius 1 is 1.26 bits per heavy atom. The maximum atomic E-state index is 12.6. The molecule has 5 nitrogen and oxygen atoms in total. The van der Waals surface area contributed by atoms with E-state index in [1.165, 1.54) is 12.8 Å². The maximum absolute atomic E-state index is 12.6. The number of nitrogens with zero attached hydrogens (tertiary/aromatic N) is 2. The smallest absolute Gasteiger partial charge is 0.303 e. The van der Waals surface area contributed by atoms with Gasteiger partial charge in [-0.25, -0.2) is 0 Å². The molecule has 1 heterocycles. The van der Waals surface area contributed by atoms with E-state index in [0.29, 0.717) is 12.5 Å². The number of carboxylic acid groups (broad SMARTS) is 1. The maximum Gasteiger partial charge on any atom is 0.303 e. The van der Waals surface area contributed by atoms with Gasteiger partial charge < -0.3 is 10.0 Å². The van der Waals surface area contributed by atoms with Gasteiger partial charge in [0.25, 0.3) is 0 Å². The summed E-state index contributed by atoms with van der Waals surface area (Å²) in [7, 11) is 1.93. The third-order valence-electron chi connectivity index (χ3n) is 4.41. The van der Waals surface area contributed by atoms with Crippen molar-refractivity contribution in [2.75, 3.05) is 20.1 Å². The number of rotatable bonds is 4. The highest BCUT2D eigenvalue weighted by Crippen LogP contribution is 2.26. The third-order valence-corrected chi connectivity index (χ3v) is 4.41. The number of aliphatic carboxylic acids is 1. The Morgan fingerprint density at radius 3 is 2.58 bits per heavy atom. The van der Waals surface area contributed by atoms with E-state index in [1.54, 1.807) is 0 Å². The van der Waals surface area contributed by atoms with Crippen LogP contribution in [0.15, 0.2) is 0 Å². The van der Waals surface area contributed by atoms with Crippen LogP contribution in [0.1, 0.15) is 44.9 Å². The molecule has 1 aliphatic heterocycles. The van der Waals surface area contributed by atoms with Gasteiger partial charge in [0.2, 0.25) is 5.91 Å². The molecule has 19 heavy (non-hydrogen) atoms. The highest BCUT2D eigenvalue weighted by Gasteiger charge is 2.35. The molecule has 1 atom stereocenters. The lowest BCUT2D eigenvalue weighted by atomic mass is 10.1. The van der Waals surface area contributed by atoms with Crippen LogP contribution in [0.3, 0.4) is 0 Å². The summed E-state index contributed by atoms with van der Waals surface area (Å²) in [5, 5.41) is 8.82. The summed E-state index contributed by atoms with van der Waals surface area (Å²) >= 11 is 0. The summed E-state index contributed by atoms with van der Waals surface area (Å²) in [5.41, 5.74) is 0. The molecule has 1 N–H and O–H groups in total. The molecule has 1 aliphatic carbocycles. The molecule has 1 saturated heterocycles. The summed E-state index contributed by atoms with van der Waals surface area (Å²) in [6, 6.07) is 0.144. The molecule has 0 spiro atoms. The SMILES string of the molecule is CN1CCCN(C2CCCC2)C(=O)C1CCC(=O)O. The molecule has 1 saturated carbocycles. The number of hydrogen-bond donors (Lipinski definition) is 1. The standard InChI is InChI=1S/C14H24N2O3/c1-15-9-4-10-16(11-5-2-3-6-11)14(19)12(15)7-8-13(17)18/h11-12H,2-10H2,1H3,(H,17,18). The van der Waals surface area contributed by atoms with E-state index in [2.05, 4.69) is 0 Å². The van der Waals surface area contributed by atoms with Gasteiger partial charge in [0, 0.05) is 25.6 Å². The summed E-state index contributed by atoms with van der Waals surface area (Å²) in [5.74, 6) is -0.675. The Morgan fingerprint density at radius 2 is 1.95 bits per heavy atom. The molecule has 0 aromatic rings. The average molecular weight is 268 g/mol. The fraction of sp³-hybridized carbons (Fsp3) is 0.857. The van der Waals surface area contributed by atoms with Crippen molar-refractivity contribution in [2.24, 2.45) is 0 Å². The quantitative estimate of drug-likeness (QED) is 0.835. The minimum absolute atomic E-state index is 0.0687. The second kappa shape index (κ2) is 6.37. The molecule has 0 aromatic carbocycles. The van der Waals surface area contributed by atoms with Crippen molar-refractivity contribution >= 4 is 11.9 Å². The summed E-state index contributed by atoms with van der Waals surface area (Å²) < 4.78 is 0. The molecule has 1 amide bonds. The zero-order valence-corrected chi connectivity index (χ0v) is 11.7. The predicted molar refractivity (Wildman–Crippen MR) is 71.9 cm³/mol. The molecule has 0 aromatic heterocycles. The van der Waals surface area contributed by atoms with Gasteiger partial charge in [-0.15, -0.1) is 0 Å². The van der Waals surface area contributed by atoms with Gasteiger partial charge in [-0.3, -0.25) is 14.5 Å². The lowest BCUT2D eigenvalue weighted by Crippen LogP contribution is -2.47. The number of hydrogen-bond acceptors (Lipinski definition) is 3. The molecule has 2 fully saturated rings. The van der Waals surface area contributed by atoms with Gasteiger partial charge in [-0.05, 0) is 32.7 Å². The molecule has 2 aliphatic rings. The molecular weight excluding hydrogens is 244 g/mol. The van der Waals surface area contributed by atoms with Gasteiger partial charge >= 0.3 is 5.97 Å². The first-order valence-electron chi connectivity index (χ1n) is 7.32. The Labute approximate surface area is 114 Å². The van der Waals surface area contributed by atoms with Crippen LogP contribution in [-0.2, 0) is 9.59 Å². The highest BCUT2D eigenvalue weighted by molar-refractivity contribution is 5.83. The van der Waals surface area contributed by atoms with Crippen LogP contribution in [0.2, 0.25) is 0 Å². The van der Waals surface area contributed by atoms with Crippen LogP contribution < -0.4 is 0 Å². The Kier molecular flexibility index (Phi) is 4.80. The van der Waals surface area contributed by atoms with Crippen molar-refractivity contribution in [1.82, 2.24) is 9.80 Å². The fourth-order valence-corrected chi connectivity index (χ4v) is 3.32. The minimum Gasteiger partial charge on any atom is -0.481 e. The molecule has 2 rings (SSSR count). The van der Waals surface area contributed by atoms with Crippen molar-refractivity contribution < 1.29 is 14.7 Å². The number of carboxylic acids is 1. The zero-order chi connectivity index (χ0) is 13.8. The van der Waals surface area contributed by atoms with Gasteiger partial charge in [-0.2, -0.15) is 0 Å². The number of amides is 1. The van der Waals surface area contributed by atoms with E-state index < -0.39 is 5.97 Å². The van der Waals surface area contributed by atoms with Crippen LogP contribution in [0.25, 0.3) is 0 Å². The average Bonchev–Trinajstić information content (AvgIpc) is 2.83. The summed E-state index contributed by atoms with van der Waals surface area (Å²) in [6.07, 6.45) is 6.13. The molecular formula is C14H24N2O3. The van der Waals surface area contributed by atoms with Gasteiger partial charge in [0.15, 0.2) is 0 Å².